The third-order valence-corrected chi connectivity index (χ3v) is 5.28. The topological polar surface area (TPSA) is 52.3 Å². The van der Waals surface area contributed by atoms with Gasteiger partial charge in [-0.05, 0) is 12.0 Å². The minimum absolute atomic E-state index is 0.206. The van der Waals surface area contributed by atoms with Gasteiger partial charge in [0.2, 0.25) is 0 Å². The molecule has 0 bridgehead atoms. The van der Waals surface area contributed by atoms with Gasteiger partial charge in [0.15, 0.2) is 0 Å². The fourth-order valence-electron chi connectivity index (χ4n) is 3.82. The molecule has 2 aromatic carbocycles. The number of hydrogen-bond acceptors (Lipinski definition) is 2. The van der Waals surface area contributed by atoms with Crippen molar-refractivity contribution in [3.8, 4) is 12.3 Å². The fraction of sp³-hybridized carbons (Fsp3) is 0.318. The maximum Gasteiger partial charge on any atom is 0.459 e. The Morgan fingerprint density at radius 1 is 1.04 bits per heavy atom. The number of primary amides is 1. The smallest absolute Gasteiger partial charge is 0.330 e. The van der Waals surface area contributed by atoms with Crippen LogP contribution in [0.4, 0.5) is 4.79 Å². The van der Waals surface area contributed by atoms with E-state index in [2.05, 4.69) is 18.1 Å². The van der Waals surface area contributed by atoms with Crippen molar-refractivity contribution in [1.29, 1.82) is 0 Å². The summed E-state index contributed by atoms with van der Waals surface area (Å²) in [4.78, 5) is 17.1. The molecule has 0 unspecified atom stereocenters. The molecule has 2 aromatic rings. The van der Waals surface area contributed by atoms with E-state index in [1.165, 1.54) is 5.56 Å². The van der Waals surface area contributed by atoms with Gasteiger partial charge < -0.3 is 5.73 Å². The first-order valence-corrected chi connectivity index (χ1v) is 8.96. The Labute approximate surface area is 155 Å². The number of hydrogen-bond donors (Lipinski definition) is 1. The van der Waals surface area contributed by atoms with Gasteiger partial charge in [-0.2, -0.15) is 0 Å². The van der Waals surface area contributed by atoms with Crippen molar-refractivity contribution in [3.63, 3.8) is 0 Å². The van der Waals surface area contributed by atoms with Crippen molar-refractivity contribution < 1.29 is 14.3 Å². The highest BCUT2D eigenvalue weighted by Crippen LogP contribution is 2.38. The SMILES string of the molecule is C#CC1(Cc2ccccc2)CC[N+](Cc2ccccc2)(OC(N)=O)CC1. The number of rotatable bonds is 5. The average Bonchev–Trinajstić information content (AvgIpc) is 2.65. The Morgan fingerprint density at radius 3 is 2.08 bits per heavy atom. The molecule has 1 heterocycles. The van der Waals surface area contributed by atoms with E-state index >= 15 is 0 Å². The van der Waals surface area contributed by atoms with E-state index in [-0.39, 0.29) is 10.1 Å². The van der Waals surface area contributed by atoms with E-state index in [0.29, 0.717) is 19.6 Å². The summed E-state index contributed by atoms with van der Waals surface area (Å²) in [5.41, 5.74) is 7.52. The van der Waals surface area contributed by atoms with Crippen LogP contribution in [0.15, 0.2) is 60.7 Å². The van der Waals surface area contributed by atoms with Crippen LogP contribution < -0.4 is 5.73 Å². The van der Waals surface area contributed by atoms with Crippen molar-refractivity contribution in [2.45, 2.75) is 25.8 Å². The third-order valence-electron chi connectivity index (χ3n) is 5.28. The highest BCUT2D eigenvalue weighted by atomic mass is 16.8. The van der Waals surface area contributed by atoms with Gasteiger partial charge in [-0.25, -0.2) is 4.79 Å². The summed E-state index contributed by atoms with van der Waals surface area (Å²) in [6.45, 7) is 1.93. The van der Waals surface area contributed by atoms with E-state index in [1.807, 2.05) is 48.5 Å². The summed E-state index contributed by atoms with van der Waals surface area (Å²) in [7, 11) is 0. The summed E-state index contributed by atoms with van der Waals surface area (Å²) in [5.74, 6) is 3.04. The second-order valence-corrected chi connectivity index (χ2v) is 7.15. The molecule has 0 atom stereocenters. The lowest BCUT2D eigenvalue weighted by molar-refractivity contribution is -1.10. The first kappa shape index (κ1) is 18.0. The van der Waals surface area contributed by atoms with Crippen molar-refractivity contribution in [1.82, 2.24) is 0 Å². The molecule has 1 aliphatic heterocycles. The molecule has 3 rings (SSSR count). The molecule has 0 saturated carbocycles. The van der Waals surface area contributed by atoms with Crippen LogP contribution >= 0.6 is 0 Å². The van der Waals surface area contributed by atoms with Crippen LogP contribution in [0.3, 0.4) is 0 Å². The second-order valence-electron chi connectivity index (χ2n) is 7.15. The molecule has 1 saturated heterocycles. The number of carbonyl (C=O) groups is 1. The van der Waals surface area contributed by atoms with Crippen LogP contribution in [-0.2, 0) is 17.8 Å². The lowest BCUT2D eigenvalue weighted by atomic mass is 9.74. The van der Waals surface area contributed by atoms with Gasteiger partial charge in [-0.3, -0.25) is 4.84 Å². The summed E-state index contributed by atoms with van der Waals surface area (Å²) in [6.07, 6.45) is 7.62. The van der Waals surface area contributed by atoms with Crippen molar-refractivity contribution in [2.24, 2.45) is 11.1 Å². The second kappa shape index (κ2) is 7.63. The number of terminal acetylenes is 1. The van der Waals surface area contributed by atoms with E-state index < -0.39 is 6.09 Å². The van der Waals surface area contributed by atoms with Gasteiger partial charge in [-0.15, -0.1) is 11.1 Å². The molecule has 1 aliphatic rings. The van der Waals surface area contributed by atoms with E-state index in [0.717, 1.165) is 24.8 Å². The minimum Gasteiger partial charge on any atom is -0.330 e. The maximum atomic E-state index is 11.5. The Balaban J connectivity index is 1.77. The predicted molar refractivity (Wildman–Crippen MR) is 101 cm³/mol. The standard InChI is InChI=1S/C22H24N2O2/c1-2-22(17-19-9-5-3-6-10-19)13-15-24(16-14-22,26-21(23)25)18-20-11-7-4-8-12-20/h1,3-12H,13-18H2,(H-,23,25)/p+1. The largest absolute Gasteiger partial charge is 0.459 e. The van der Waals surface area contributed by atoms with Crippen molar-refractivity contribution >= 4 is 6.09 Å². The number of nitrogens with zero attached hydrogens (tertiary/aromatic N) is 1. The lowest BCUT2D eigenvalue weighted by Crippen LogP contribution is -2.56. The molecule has 0 aromatic heterocycles. The van der Waals surface area contributed by atoms with E-state index in [1.54, 1.807) is 0 Å². The van der Waals surface area contributed by atoms with Crippen molar-refractivity contribution in [3.05, 3.63) is 71.8 Å². The molecule has 0 aliphatic carbocycles. The number of likely N-dealkylation sites (tertiary alicyclic amines) is 1. The number of nitrogens with two attached hydrogens (primary N) is 1. The van der Waals surface area contributed by atoms with Gasteiger partial charge in [0.05, 0.1) is 0 Å². The Hall–Kier alpha value is -2.77. The Kier molecular flexibility index (Phi) is 5.29. The highest BCUT2D eigenvalue weighted by Gasteiger charge is 2.45. The summed E-state index contributed by atoms with van der Waals surface area (Å²) < 4.78 is 0.206. The number of amides is 1. The average molecular weight is 349 g/mol. The van der Waals surface area contributed by atoms with Gasteiger partial charge in [0, 0.05) is 23.8 Å². The van der Waals surface area contributed by atoms with Crippen LogP contribution in [0.5, 0.6) is 0 Å². The number of hydroxylamine groups is 3. The first-order chi connectivity index (χ1) is 12.5. The molecule has 1 amide bonds. The fourth-order valence-corrected chi connectivity index (χ4v) is 3.82. The third kappa shape index (κ3) is 4.25. The van der Waals surface area contributed by atoms with E-state index in [9.17, 15) is 4.79 Å². The number of benzene rings is 2. The highest BCUT2D eigenvalue weighted by molar-refractivity contribution is 5.63. The maximum absolute atomic E-state index is 11.5. The monoisotopic (exact) mass is 349 g/mol. The molecular formula is C22H25N2O2+. The minimum atomic E-state index is -0.739. The van der Waals surface area contributed by atoms with Crippen molar-refractivity contribution in [2.75, 3.05) is 13.1 Å². The molecule has 0 spiro atoms. The zero-order valence-corrected chi connectivity index (χ0v) is 14.9. The molecule has 26 heavy (non-hydrogen) atoms. The molecule has 1 fully saturated rings. The van der Waals surface area contributed by atoms with Crippen LogP contribution in [0.2, 0.25) is 0 Å². The van der Waals surface area contributed by atoms with Crippen LogP contribution in [0, 0.1) is 17.8 Å². The Morgan fingerprint density at radius 2 is 1.58 bits per heavy atom. The molecule has 4 nitrogen and oxygen atoms in total. The molecule has 0 radical (unpaired) electrons. The molecule has 4 heteroatoms. The summed E-state index contributed by atoms with van der Waals surface area (Å²) in [6, 6.07) is 20.3. The predicted octanol–water partition coefficient (Wildman–Crippen LogP) is 3.67. The summed E-state index contributed by atoms with van der Waals surface area (Å²) >= 11 is 0. The zero-order chi connectivity index (χ0) is 18.5. The van der Waals surface area contributed by atoms with E-state index in [4.69, 9.17) is 17.0 Å². The van der Waals surface area contributed by atoms with Gasteiger partial charge >= 0.3 is 6.09 Å². The van der Waals surface area contributed by atoms with Crippen LogP contribution in [0.25, 0.3) is 0 Å². The van der Waals surface area contributed by atoms with Gasteiger partial charge in [0.1, 0.15) is 19.6 Å². The van der Waals surface area contributed by atoms with Crippen LogP contribution in [0.1, 0.15) is 24.0 Å². The quantitative estimate of drug-likeness (QED) is 0.661. The number of quaternary nitrogens is 1. The molecule has 2 N–H and O–H groups in total. The van der Waals surface area contributed by atoms with Gasteiger partial charge in [-0.1, -0.05) is 66.6 Å². The van der Waals surface area contributed by atoms with Crippen LogP contribution in [-0.4, -0.2) is 23.8 Å². The summed E-state index contributed by atoms with van der Waals surface area (Å²) in [5, 5.41) is 0. The first-order valence-electron chi connectivity index (χ1n) is 8.96. The Bertz CT molecular complexity index is 773. The normalized spacial score (nSPS) is 25.2. The zero-order valence-electron chi connectivity index (χ0n) is 14.9. The molecular weight excluding hydrogens is 324 g/mol. The van der Waals surface area contributed by atoms with Gasteiger partial charge in [0.25, 0.3) is 0 Å². The lowest BCUT2D eigenvalue weighted by Gasteiger charge is -2.43. The number of piperidine rings is 1. The molecule has 134 valence electrons. The number of carbonyl (C=O) groups excluding carboxylic acids is 1.